The van der Waals surface area contributed by atoms with Gasteiger partial charge in [0.05, 0.1) is 10.1 Å². The van der Waals surface area contributed by atoms with Crippen LogP contribution in [0, 0.1) is 5.92 Å². The van der Waals surface area contributed by atoms with Gasteiger partial charge in [-0.25, -0.2) is 8.42 Å². The minimum Gasteiger partial charge on any atom is -0.223 e. The van der Waals surface area contributed by atoms with E-state index in [1.54, 1.807) is 6.07 Å². The number of hydrogen-bond acceptors (Lipinski definition) is 2. The minimum atomic E-state index is -3.19. The number of sulfone groups is 1. The standard InChI is InChI=1S/C17H16O2S.2C2H6/c1-11-15-10-12-6-2-3-7-13(12)17(15)14-8-4-5-9-16(14)20(11,18)19;2*1-2/h2-9,11,15,17H,10H2,1H3;2*1-2H3. The summed E-state index contributed by atoms with van der Waals surface area (Å²) in [4.78, 5) is 0.533. The van der Waals surface area contributed by atoms with Crippen molar-refractivity contribution >= 4 is 9.84 Å². The highest BCUT2D eigenvalue weighted by molar-refractivity contribution is 7.92. The highest BCUT2D eigenvalue weighted by Gasteiger charge is 2.47. The van der Waals surface area contributed by atoms with Gasteiger partial charge in [0.15, 0.2) is 9.84 Å². The molecule has 2 aromatic carbocycles. The molecule has 0 saturated heterocycles. The maximum Gasteiger partial charge on any atom is 0.181 e. The lowest BCUT2D eigenvalue weighted by Crippen LogP contribution is -2.35. The van der Waals surface area contributed by atoms with E-state index in [1.165, 1.54) is 11.1 Å². The van der Waals surface area contributed by atoms with Crippen LogP contribution in [-0.4, -0.2) is 13.7 Å². The van der Waals surface area contributed by atoms with Crippen molar-refractivity contribution in [1.82, 2.24) is 0 Å². The van der Waals surface area contributed by atoms with Gasteiger partial charge in [-0.15, -0.1) is 0 Å². The summed E-state index contributed by atoms with van der Waals surface area (Å²) in [7, 11) is -3.19. The van der Waals surface area contributed by atoms with Crippen LogP contribution in [0.2, 0.25) is 0 Å². The monoisotopic (exact) mass is 344 g/mol. The van der Waals surface area contributed by atoms with Gasteiger partial charge in [-0.3, -0.25) is 0 Å². The zero-order chi connectivity index (χ0) is 17.9. The predicted octanol–water partition coefficient (Wildman–Crippen LogP) is 5.22. The second-order valence-corrected chi connectivity index (χ2v) is 8.11. The van der Waals surface area contributed by atoms with E-state index in [9.17, 15) is 8.42 Å². The molecule has 0 bridgehead atoms. The summed E-state index contributed by atoms with van der Waals surface area (Å²) >= 11 is 0. The van der Waals surface area contributed by atoms with E-state index in [1.807, 2.05) is 58.9 Å². The van der Waals surface area contributed by atoms with Crippen LogP contribution in [0.1, 0.15) is 57.2 Å². The Morgan fingerprint density at radius 3 is 2.04 bits per heavy atom. The Balaban J connectivity index is 0.000000487. The van der Waals surface area contributed by atoms with Gasteiger partial charge in [-0.1, -0.05) is 70.2 Å². The van der Waals surface area contributed by atoms with Crippen molar-refractivity contribution in [1.29, 1.82) is 0 Å². The summed E-state index contributed by atoms with van der Waals surface area (Å²) in [6, 6.07) is 15.9. The molecule has 1 aliphatic heterocycles. The molecule has 1 heterocycles. The molecule has 0 spiro atoms. The van der Waals surface area contributed by atoms with Crippen LogP contribution in [0.5, 0.6) is 0 Å². The van der Waals surface area contributed by atoms with Crippen molar-refractivity contribution in [3.63, 3.8) is 0 Å². The molecule has 0 saturated carbocycles. The van der Waals surface area contributed by atoms with Crippen LogP contribution in [0.4, 0.5) is 0 Å². The Labute approximate surface area is 146 Å². The Hall–Kier alpha value is -1.61. The summed E-state index contributed by atoms with van der Waals surface area (Å²) in [6.45, 7) is 9.87. The second kappa shape index (κ2) is 7.52. The Morgan fingerprint density at radius 2 is 1.38 bits per heavy atom. The van der Waals surface area contributed by atoms with Gasteiger partial charge in [-0.05, 0) is 42.0 Å². The van der Waals surface area contributed by atoms with Crippen molar-refractivity contribution in [3.8, 4) is 0 Å². The number of rotatable bonds is 0. The number of benzene rings is 2. The molecule has 130 valence electrons. The third kappa shape index (κ3) is 2.79. The Bertz CT molecular complexity index is 793. The summed E-state index contributed by atoms with van der Waals surface area (Å²) < 4.78 is 25.4. The zero-order valence-corrected chi connectivity index (χ0v) is 16.1. The van der Waals surface area contributed by atoms with E-state index in [0.717, 1.165) is 12.0 Å². The quantitative estimate of drug-likeness (QED) is 0.656. The molecule has 2 aliphatic rings. The van der Waals surface area contributed by atoms with Gasteiger partial charge in [0.1, 0.15) is 0 Å². The van der Waals surface area contributed by atoms with Crippen molar-refractivity contribution in [3.05, 3.63) is 65.2 Å². The average Bonchev–Trinajstić information content (AvgIpc) is 3.03. The van der Waals surface area contributed by atoms with Crippen molar-refractivity contribution in [2.75, 3.05) is 0 Å². The minimum absolute atomic E-state index is 0.173. The normalized spacial score (nSPS) is 25.0. The van der Waals surface area contributed by atoms with Crippen LogP contribution in [-0.2, 0) is 16.3 Å². The van der Waals surface area contributed by atoms with E-state index in [2.05, 4.69) is 18.2 Å². The van der Waals surface area contributed by atoms with Crippen molar-refractivity contribution in [2.45, 2.75) is 57.1 Å². The predicted molar refractivity (Wildman–Crippen MR) is 101 cm³/mol. The molecule has 0 fully saturated rings. The first kappa shape index (κ1) is 18.7. The first-order valence-electron chi connectivity index (χ1n) is 9.01. The molecule has 0 radical (unpaired) electrons. The Kier molecular flexibility index (Phi) is 5.87. The van der Waals surface area contributed by atoms with E-state index in [0.29, 0.717) is 4.90 Å². The van der Waals surface area contributed by atoms with Crippen molar-refractivity contribution < 1.29 is 8.42 Å². The van der Waals surface area contributed by atoms with Gasteiger partial charge < -0.3 is 0 Å². The maximum atomic E-state index is 12.7. The van der Waals surface area contributed by atoms with E-state index >= 15 is 0 Å². The topological polar surface area (TPSA) is 34.1 Å². The molecular weight excluding hydrogens is 316 g/mol. The first-order chi connectivity index (χ1) is 11.6. The molecule has 1 aliphatic carbocycles. The summed E-state index contributed by atoms with van der Waals surface area (Å²) in [5.41, 5.74) is 3.61. The molecule has 0 amide bonds. The highest BCUT2D eigenvalue weighted by Crippen LogP contribution is 2.51. The van der Waals surface area contributed by atoms with Gasteiger partial charge in [0, 0.05) is 5.92 Å². The van der Waals surface area contributed by atoms with Crippen LogP contribution in [0.25, 0.3) is 0 Å². The van der Waals surface area contributed by atoms with Gasteiger partial charge in [-0.2, -0.15) is 0 Å². The third-order valence-corrected chi connectivity index (χ3v) is 7.24. The van der Waals surface area contributed by atoms with E-state index in [-0.39, 0.29) is 17.1 Å². The number of fused-ring (bicyclic) bond motifs is 5. The molecule has 2 nitrogen and oxygen atoms in total. The maximum absolute atomic E-state index is 12.7. The molecular formula is C21H28O2S. The Morgan fingerprint density at radius 1 is 0.833 bits per heavy atom. The summed E-state index contributed by atoms with van der Waals surface area (Å²) in [5.74, 6) is 0.410. The molecule has 3 atom stereocenters. The van der Waals surface area contributed by atoms with Gasteiger partial charge in [0.25, 0.3) is 0 Å². The van der Waals surface area contributed by atoms with Gasteiger partial charge in [0.2, 0.25) is 0 Å². The number of hydrogen-bond donors (Lipinski definition) is 0. The van der Waals surface area contributed by atoms with E-state index < -0.39 is 9.84 Å². The highest BCUT2D eigenvalue weighted by atomic mass is 32.2. The molecule has 3 heteroatoms. The second-order valence-electron chi connectivity index (χ2n) is 5.83. The fraction of sp³-hybridized carbons (Fsp3) is 0.429. The summed E-state index contributed by atoms with van der Waals surface area (Å²) in [5, 5.41) is -0.310. The van der Waals surface area contributed by atoms with Crippen LogP contribution in [0.15, 0.2) is 53.4 Å². The van der Waals surface area contributed by atoms with Crippen LogP contribution < -0.4 is 0 Å². The fourth-order valence-electron chi connectivity index (χ4n) is 3.89. The summed E-state index contributed by atoms with van der Waals surface area (Å²) in [6.07, 6.45) is 0.871. The SMILES string of the molecule is CC.CC.CC1C2Cc3ccccc3C2c2ccccc2S1(=O)=O. The lowest BCUT2D eigenvalue weighted by Gasteiger charge is -2.33. The largest absolute Gasteiger partial charge is 0.223 e. The van der Waals surface area contributed by atoms with E-state index in [4.69, 9.17) is 0 Å². The molecule has 4 rings (SSSR count). The first-order valence-corrected chi connectivity index (χ1v) is 10.6. The lowest BCUT2D eigenvalue weighted by molar-refractivity contribution is 0.451. The third-order valence-electron chi connectivity index (χ3n) is 4.93. The molecule has 3 unspecified atom stereocenters. The molecule has 2 aromatic rings. The van der Waals surface area contributed by atoms with Crippen molar-refractivity contribution in [2.24, 2.45) is 5.92 Å². The molecule has 0 N–H and O–H groups in total. The molecule has 0 aromatic heterocycles. The molecule has 24 heavy (non-hydrogen) atoms. The smallest absolute Gasteiger partial charge is 0.181 e. The fourth-order valence-corrected chi connectivity index (χ4v) is 5.79. The zero-order valence-electron chi connectivity index (χ0n) is 15.3. The van der Waals surface area contributed by atoms with Crippen LogP contribution in [0.3, 0.4) is 0 Å². The average molecular weight is 345 g/mol. The van der Waals surface area contributed by atoms with Gasteiger partial charge >= 0.3 is 0 Å². The van der Waals surface area contributed by atoms with Crippen LogP contribution >= 0.6 is 0 Å². The lowest BCUT2D eigenvalue weighted by atomic mass is 9.83.